The first kappa shape index (κ1) is 11.2. The highest BCUT2D eigenvalue weighted by atomic mass is 79.9. The van der Waals surface area contributed by atoms with Crippen LogP contribution in [0.4, 0.5) is 0 Å². The second-order valence-electron chi connectivity index (χ2n) is 3.73. The topological polar surface area (TPSA) is 20.2 Å². The van der Waals surface area contributed by atoms with E-state index >= 15 is 0 Å². The molecule has 3 heteroatoms. The number of halogens is 1. The summed E-state index contributed by atoms with van der Waals surface area (Å²) in [5.41, 5.74) is 1.03. The molecule has 1 aromatic heterocycles. The third kappa shape index (κ3) is 2.79. The molecule has 0 aromatic carbocycles. The number of aliphatic hydroxyl groups excluding tert-OH is 1. The normalized spacial score (nSPS) is 16.2. The predicted octanol–water partition coefficient (Wildman–Crippen LogP) is 3.84. The summed E-state index contributed by atoms with van der Waals surface area (Å²) in [6.07, 6.45) is -0.331. The van der Waals surface area contributed by atoms with Gasteiger partial charge in [0.2, 0.25) is 0 Å². The fourth-order valence-corrected chi connectivity index (χ4v) is 2.35. The monoisotopic (exact) mass is 262 g/mol. The van der Waals surface area contributed by atoms with E-state index in [0.29, 0.717) is 11.8 Å². The van der Waals surface area contributed by atoms with Crippen molar-refractivity contribution in [2.45, 2.75) is 26.9 Å². The van der Waals surface area contributed by atoms with Gasteiger partial charge in [-0.25, -0.2) is 0 Å². The van der Waals surface area contributed by atoms with E-state index in [-0.39, 0.29) is 6.10 Å². The van der Waals surface area contributed by atoms with Crippen molar-refractivity contribution in [2.24, 2.45) is 11.8 Å². The molecule has 0 fully saturated rings. The molecule has 0 aliphatic carbocycles. The quantitative estimate of drug-likeness (QED) is 0.878. The highest BCUT2D eigenvalue weighted by Gasteiger charge is 2.20. The SMILES string of the molecule is CC(C)C(C)C(O)c1csc(Br)c1. The Balaban J connectivity index is 2.73. The van der Waals surface area contributed by atoms with Crippen LogP contribution in [0.15, 0.2) is 15.2 Å². The first-order chi connectivity index (χ1) is 6.02. The fourth-order valence-electron chi connectivity index (χ4n) is 1.15. The molecular formula is C10H15BrOS. The zero-order valence-electron chi connectivity index (χ0n) is 8.12. The van der Waals surface area contributed by atoms with Gasteiger partial charge in [-0.05, 0) is 44.8 Å². The van der Waals surface area contributed by atoms with Crippen LogP contribution in [-0.2, 0) is 0 Å². The maximum Gasteiger partial charge on any atom is 0.0826 e. The van der Waals surface area contributed by atoms with Crippen LogP contribution in [0, 0.1) is 11.8 Å². The molecule has 1 nitrogen and oxygen atoms in total. The summed E-state index contributed by atoms with van der Waals surface area (Å²) in [6.45, 7) is 6.35. The molecule has 2 unspecified atom stereocenters. The number of rotatable bonds is 3. The lowest BCUT2D eigenvalue weighted by Crippen LogP contribution is -2.14. The summed E-state index contributed by atoms with van der Waals surface area (Å²) in [7, 11) is 0. The second kappa shape index (κ2) is 4.58. The molecule has 0 aliphatic rings. The van der Waals surface area contributed by atoms with E-state index in [2.05, 4.69) is 36.7 Å². The highest BCUT2D eigenvalue weighted by molar-refractivity contribution is 9.11. The van der Waals surface area contributed by atoms with Gasteiger partial charge in [0.1, 0.15) is 0 Å². The number of aliphatic hydroxyl groups is 1. The summed E-state index contributed by atoms with van der Waals surface area (Å²) < 4.78 is 1.08. The van der Waals surface area contributed by atoms with Gasteiger partial charge >= 0.3 is 0 Å². The van der Waals surface area contributed by atoms with Crippen molar-refractivity contribution in [2.75, 3.05) is 0 Å². The lowest BCUT2D eigenvalue weighted by Gasteiger charge is -2.21. The number of thiophene rings is 1. The van der Waals surface area contributed by atoms with Crippen LogP contribution < -0.4 is 0 Å². The molecule has 0 saturated carbocycles. The van der Waals surface area contributed by atoms with Gasteiger partial charge in [0.25, 0.3) is 0 Å². The Bertz CT molecular complexity index is 270. The summed E-state index contributed by atoms with van der Waals surface area (Å²) in [5, 5.41) is 12.0. The first-order valence-electron chi connectivity index (χ1n) is 4.44. The summed E-state index contributed by atoms with van der Waals surface area (Å²) >= 11 is 5.01. The molecule has 13 heavy (non-hydrogen) atoms. The average Bonchev–Trinajstić information content (AvgIpc) is 2.49. The van der Waals surface area contributed by atoms with Gasteiger partial charge in [0.15, 0.2) is 0 Å². The van der Waals surface area contributed by atoms with Crippen LogP contribution in [0.25, 0.3) is 0 Å². The second-order valence-corrected chi connectivity index (χ2v) is 6.02. The lowest BCUT2D eigenvalue weighted by molar-refractivity contribution is 0.0925. The zero-order valence-corrected chi connectivity index (χ0v) is 10.5. The van der Waals surface area contributed by atoms with Crippen LogP contribution in [0.2, 0.25) is 0 Å². The number of hydrogen-bond donors (Lipinski definition) is 1. The minimum Gasteiger partial charge on any atom is -0.388 e. The lowest BCUT2D eigenvalue weighted by atomic mass is 9.89. The van der Waals surface area contributed by atoms with Crippen molar-refractivity contribution in [3.05, 3.63) is 20.8 Å². The molecule has 74 valence electrons. The molecule has 2 atom stereocenters. The van der Waals surface area contributed by atoms with Gasteiger partial charge in [0, 0.05) is 0 Å². The summed E-state index contributed by atoms with van der Waals surface area (Å²) in [6, 6.07) is 1.99. The molecule has 0 aliphatic heterocycles. The van der Waals surface area contributed by atoms with E-state index in [4.69, 9.17) is 0 Å². The molecule has 1 rings (SSSR count). The van der Waals surface area contributed by atoms with Crippen molar-refractivity contribution >= 4 is 27.3 Å². The minimum atomic E-state index is -0.331. The Morgan fingerprint density at radius 2 is 2.00 bits per heavy atom. The minimum absolute atomic E-state index is 0.307. The fraction of sp³-hybridized carbons (Fsp3) is 0.600. The Morgan fingerprint density at radius 3 is 2.38 bits per heavy atom. The zero-order chi connectivity index (χ0) is 10.0. The van der Waals surface area contributed by atoms with Crippen molar-refractivity contribution in [3.8, 4) is 0 Å². The third-order valence-corrected chi connectivity index (χ3v) is 4.00. The standard InChI is InChI=1S/C10H15BrOS/c1-6(2)7(3)10(12)8-4-9(11)13-5-8/h4-7,10,12H,1-3H3. The van der Waals surface area contributed by atoms with E-state index in [9.17, 15) is 5.11 Å². The van der Waals surface area contributed by atoms with Gasteiger partial charge in [-0.1, -0.05) is 20.8 Å². The van der Waals surface area contributed by atoms with E-state index in [1.165, 1.54) is 0 Å². The van der Waals surface area contributed by atoms with Crippen molar-refractivity contribution in [1.29, 1.82) is 0 Å². The van der Waals surface area contributed by atoms with Gasteiger partial charge in [-0.2, -0.15) is 0 Å². The van der Waals surface area contributed by atoms with Crippen LogP contribution >= 0.6 is 27.3 Å². The Kier molecular flexibility index (Phi) is 3.95. The van der Waals surface area contributed by atoms with Gasteiger partial charge in [-0.15, -0.1) is 11.3 Å². The van der Waals surface area contributed by atoms with E-state index in [1.54, 1.807) is 11.3 Å². The first-order valence-corrected chi connectivity index (χ1v) is 6.11. The van der Waals surface area contributed by atoms with Gasteiger partial charge in [0.05, 0.1) is 9.89 Å². The Hall–Kier alpha value is 0.140. The van der Waals surface area contributed by atoms with E-state index in [1.807, 2.05) is 11.4 Å². The van der Waals surface area contributed by atoms with E-state index in [0.717, 1.165) is 9.35 Å². The maximum atomic E-state index is 9.96. The largest absolute Gasteiger partial charge is 0.388 e. The van der Waals surface area contributed by atoms with Crippen LogP contribution in [0.5, 0.6) is 0 Å². The smallest absolute Gasteiger partial charge is 0.0826 e. The molecule has 1 N–H and O–H groups in total. The molecule has 0 spiro atoms. The molecule has 0 radical (unpaired) electrons. The van der Waals surface area contributed by atoms with Crippen molar-refractivity contribution < 1.29 is 5.11 Å². The molecule has 0 bridgehead atoms. The van der Waals surface area contributed by atoms with Gasteiger partial charge < -0.3 is 5.11 Å². The van der Waals surface area contributed by atoms with Gasteiger partial charge in [-0.3, -0.25) is 0 Å². The average molecular weight is 263 g/mol. The summed E-state index contributed by atoms with van der Waals surface area (Å²) in [4.78, 5) is 0. The number of hydrogen-bond acceptors (Lipinski definition) is 2. The molecular weight excluding hydrogens is 248 g/mol. The maximum absolute atomic E-state index is 9.96. The van der Waals surface area contributed by atoms with Crippen molar-refractivity contribution in [1.82, 2.24) is 0 Å². The Morgan fingerprint density at radius 1 is 1.38 bits per heavy atom. The Labute approximate surface area is 91.9 Å². The highest BCUT2D eigenvalue weighted by Crippen LogP contribution is 2.32. The molecule has 0 saturated heterocycles. The van der Waals surface area contributed by atoms with E-state index < -0.39 is 0 Å². The van der Waals surface area contributed by atoms with Crippen LogP contribution in [-0.4, -0.2) is 5.11 Å². The predicted molar refractivity (Wildman–Crippen MR) is 61.0 cm³/mol. The van der Waals surface area contributed by atoms with Crippen LogP contribution in [0.1, 0.15) is 32.4 Å². The third-order valence-electron chi connectivity index (χ3n) is 2.48. The van der Waals surface area contributed by atoms with Crippen LogP contribution in [0.3, 0.4) is 0 Å². The molecule has 1 aromatic rings. The summed E-state index contributed by atoms with van der Waals surface area (Å²) in [5.74, 6) is 0.815. The van der Waals surface area contributed by atoms with Crippen molar-refractivity contribution in [3.63, 3.8) is 0 Å². The molecule has 1 heterocycles. The molecule has 0 amide bonds.